The highest BCUT2D eigenvalue weighted by Crippen LogP contribution is 2.33. The lowest BCUT2D eigenvalue weighted by Crippen LogP contribution is -1.97. The maximum absolute atomic E-state index is 15.0. The van der Waals surface area contributed by atoms with Crippen LogP contribution < -0.4 is 0 Å². The summed E-state index contributed by atoms with van der Waals surface area (Å²) in [6.45, 7) is 4.35. The van der Waals surface area contributed by atoms with Crippen LogP contribution in [0.5, 0.6) is 0 Å². The fraction of sp³-hybridized carbons (Fsp3) is 0.438. The molecule has 0 saturated heterocycles. The molecule has 3 aromatic carbocycles. The van der Waals surface area contributed by atoms with Gasteiger partial charge >= 0.3 is 0 Å². The van der Waals surface area contributed by atoms with Crippen molar-refractivity contribution in [1.82, 2.24) is 0 Å². The van der Waals surface area contributed by atoms with Gasteiger partial charge in [-0.05, 0) is 48.4 Å². The number of hydrogen-bond donors (Lipinski definition) is 0. The molecular formula is C32H39F3. The van der Waals surface area contributed by atoms with Crippen LogP contribution in [0.1, 0.15) is 89.2 Å². The van der Waals surface area contributed by atoms with Gasteiger partial charge < -0.3 is 0 Å². The highest BCUT2D eigenvalue weighted by atomic mass is 19.2. The Labute approximate surface area is 209 Å². The van der Waals surface area contributed by atoms with Crippen LogP contribution in [-0.4, -0.2) is 0 Å². The summed E-state index contributed by atoms with van der Waals surface area (Å²) in [6, 6.07) is 15.5. The Morgan fingerprint density at radius 3 is 1.66 bits per heavy atom. The maximum Gasteiger partial charge on any atom is 0.167 e. The van der Waals surface area contributed by atoms with Gasteiger partial charge in [-0.25, -0.2) is 13.2 Å². The van der Waals surface area contributed by atoms with Gasteiger partial charge in [0.1, 0.15) is 5.82 Å². The largest absolute Gasteiger partial charge is 0.206 e. The Morgan fingerprint density at radius 1 is 0.486 bits per heavy atom. The van der Waals surface area contributed by atoms with E-state index in [1.54, 1.807) is 12.1 Å². The van der Waals surface area contributed by atoms with Crippen molar-refractivity contribution in [3.8, 4) is 22.3 Å². The zero-order valence-electron chi connectivity index (χ0n) is 21.3. The second kappa shape index (κ2) is 14.1. The van der Waals surface area contributed by atoms with Gasteiger partial charge in [-0.3, -0.25) is 0 Å². The van der Waals surface area contributed by atoms with Crippen LogP contribution in [-0.2, 0) is 12.8 Å². The maximum atomic E-state index is 15.0. The normalized spacial score (nSPS) is 11.2. The first-order valence-corrected chi connectivity index (χ1v) is 13.4. The minimum Gasteiger partial charge on any atom is -0.206 e. The molecule has 3 rings (SSSR count). The molecule has 3 aromatic rings. The number of rotatable bonds is 14. The molecule has 35 heavy (non-hydrogen) atoms. The average Bonchev–Trinajstić information content (AvgIpc) is 2.86. The number of halogens is 3. The number of unbranched alkanes of at least 4 members (excludes halogenated alkanes) is 8. The van der Waals surface area contributed by atoms with Crippen molar-refractivity contribution in [2.75, 3.05) is 0 Å². The van der Waals surface area contributed by atoms with Crippen LogP contribution in [0.4, 0.5) is 13.2 Å². The highest BCUT2D eigenvalue weighted by molar-refractivity contribution is 5.72. The summed E-state index contributed by atoms with van der Waals surface area (Å²) in [5.74, 6) is -2.46. The van der Waals surface area contributed by atoms with Crippen molar-refractivity contribution < 1.29 is 13.2 Å². The molecule has 0 nitrogen and oxygen atoms in total. The molecule has 0 N–H and O–H groups in total. The van der Waals surface area contributed by atoms with Gasteiger partial charge in [-0.1, -0.05) is 114 Å². The molecule has 0 unspecified atom stereocenters. The first-order valence-electron chi connectivity index (χ1n) is 13.4. The van der Waals surface area contributed by atoms with Gasteiger partial charge in [0.2, 0.25) is 0 Å². The third-order valence-electron chi connectivity index (χ3n) is 6.81. The molecule has 0 atom stereocenters. The zero-order chi connectivity index (χ0) is 25.0. The summed E-state index contributed by atoms with van der Waals surface area (Å²) < 4.78 is 44.8. The lowest BCUT2D eigenvalue weighted by Gasteiger charge is -2.11. The summed E-state index contributed by atoms with van der Waals surface area (Å²) in [4.78, 5) is 0. The van der Waals surface area contributed by atoms with Crippen LogP contribution in [0.15, 0.2) is 54.6 Å². The molecule has 0 amide bonds. The summed E-state index contributed by atoms with van der Waals surface area (Å²) in [5.41, 5.74) is 2.97. The Balaban J connectivity index is 1.65. The lowest BCUT2D eigenvalue weighted by atomic mass is 9.96. The van der Waals surface area contributed by atoms with E-state index in [0.29, 0.717) is 5.56 Å². The predicted octanol–water partition coefficient (Wildman–Crippen LogP) is 10.5. The van der Waals surface area contributed by atoms with Crippen LogP contribution in [0.25, 0.3) is 22.3 Å². The van der Waals surface area contributed by atoms with E-state index in [1.165, 1.54) is 56.2 Å². The Morgan fingerprint density at radius 2 is 0.971 bits per heavy atom. The average molecular weight is 481 g/mol. The van der Waals surface area contributed by atoms with E-state index in [0.717, 1.165) is 44.1 Å². The van der Waals surface area contributed by atoms with Gasteiger partial charge in [0.05, 0.1) is 0 Å². The van der Waals surface area contributed by atoms with Crippen molar-refractivity contribution in [2.24, 2.45) is 0 Å². The third-order valence-corrected chi connectivity index (χ3v) is 6.81. The third kappa shape index (κ3) is 7.72. The molecule has 0 aromatic heterocycles. The standard InChI is InChI=1S/C32H39F3/c1-3-5-7-8-9-10-12-13-24-15-18-26(19-16-24)27-21-22-29(32(35)31(27)34)28-20-17-25(23-30(28)33)14-11-6-4-2/h15-23H,3-14H2,1-2H3. The minimum absolute atomic E-state index is 0.0422. The first-order chi connectivity index (χ1) is 17.0. The molecule has 0 saturated carbocycles. The van der Waals surface area contributed by atoms with Crippen LogP contribution in [0.2, 0.25) is 0 Å². The van der Waals surface area contributed by atoms with E-state index in [4.69, 9.17) is 0 Å². The van der Waals surface area contributed by atoms with Crippen LogP contribution in [0, 0.1) is 17.5 Å². The summed E-state index contributed by atoms with van der Waals surface area (Å²) in [6.07, 6.45) is 13.8. The first kappa shape index (κ1) is 27.0. The van der Waals surface area contributed by atoms with Gasteiger partial charge in [0, 0.05) is 16.7 Å². The molecule has 0 radical (unpaired) electrons. The van der Waals surface area contributed by atoms with E-state index in [1.807, 2.05) is 30.3 Å². The van der Waals surface area contributed by atoms with Crippen molar-refractivity contribution in [1.29, 1.82) is 0 Å². The molecular weight excluding hydrogens is 441 g/mol. The number of aryl methyl sites for hydroxylation is 2. The Kier molecular flexibility index (Phi) is 10.9. The molecule has 0 spiro atoms. The summed E-state index contributed by atoms with van der Waals surface area (Å²) in [5, 5.41) is 0. The lowest BCUT2D eigenvalue weighted by molar-refractivity contribution is 0.512. The smallest absolute Gasteiger partial charge is 0.167 e. The van der Waals surface area contributed by atoms with E-state index in [-0.39, 0.29) is 16.7 Å². The molecule has 0 aliphatic carbocycles. The molecule has 0 aliphatic heterocycles. The fourth-order valence-electron chi connectivity index (χ4n) is 4.63. The van der Waals surface area contributed by atoms with Gasteiger partial charge in [0.25, 0.3) is 0 Å². The van der Waals surface area contributed by atoms with Crippen molar-refractivity contribution >= 4 is 0 Å². The monoisotopic (exact) mass is 480 g/mol. The summed E-state index contributed by atoms with van der Waals surface area (Å²) in [7, 11) is 0. The molecule has 0 aliphatic rings. The number of hydrogen-bond acceptors (Lipinski definition) is 0. The Hall–Kier alpha value is -2.55. The second-order valence-electron chi connectivity index (χ2n) is 9.63. The van der Waals surface area contributed by atoms with E-state index in [2.05, 4.69) is 13.8 Å². The molecule has 188 valence electrons. The van der Waals surface area contributed by atoms with E-state index < -0.39 is 17.5 Å². The van der Waals surface area contributed by atoms with Gasteiger partial charge in [-0.2, -0.15) is 0 Å². The molecule has 0 heterocycles. The summed E-state index contributed by atoms with van der Waals surface area (Å²) >= 11 is 0. The van der Waals surface area contributed by atoms with E-state index >= 15 is 8.78 Å². The molecule has 0 fully saturated rings. The highest BCUT2D eigenvalue weighted by Gasteiger charge is 2.18. The van der Waals surface area contributed by atoms with E-state index in [9.17, 15) is 4.39 Å². The molecule has 3 heteroatoms. The van der Waals surface area contributed by atoms with Gasteiger partial charge in [0.15, 0.2) is 11.6 Å². The van der Waals surface area contributed by atoms with Crippen molar-refractivity contribution in [3.63, 3.8) is 0 Å². The predicted molar refractivity (Wildman–Crippen MR) is 142 cm³/mol. The van der Waals surface area contributed by atoms with Gasteiger partial charge in [-0.15, -0.1) is 0 Å². The number of benzene rings is 3. The van der Waals surface area contributed by atoms with Crippen LogP contribution in [0.3, 0.4) is 0 Å². The van der Waals surface area contributed by atoms with Crippen molar-refractivity contribution in [3.05, 3.63) is 83.2 Å². The quantitative estimate of drug-likeness (QED) is 0.201. The van der Waals surface area contributed by atoms with Crippen molar-refractivity contribution in [2.45, 2.75) is 90.9 Å². The fourth-order valence-corrected chi connectivity index (χ4v) is 4.63. The zero-order valence-corrected chi connectivity index (χ0v) is 21.3. The topological polar surface area (TPSA) is 0 Å². The minimum atomic E-state index is -1.01. The van der Waals surface area contributed by atoms with Crippen LogP contribution >= 0.6 is 0 Å². The Bertz CT molecular complexity index is 1050. The molecule has 0 bridgehead atoms. The SMILES string of the molecule is CCCCCCCCCc1ccc(-c2ccc(-c3ccc(CCCCC)cc3F)c(F)c2F)cc1. The second-order valence-corrected chi connectivity index (χ2v) is 9.63.